The van der Waals surface area contributed by atoms with Crippen molar-refractivity contribution < 1.29 is 9.59 Å². The maximum absolute atomic E-state index is 11.4. The Balaban J connectivity index is 2.82. The number of carbonyl (C=O) groups is 2. The molecule has 2 aromatic carbocycles. The van der Waals surface area contributed by atoms with Gasteiger partial charge in [-0.05, 0) is 10.8 Å². The van der Waals surface area contributed by atoms with E-state index in [1.54, 1.807) is 12.1 Å². The lowest BCUT2D eigenvalue weighted by atomic mass is 9.88. The average Bonchev–Trinajstić information content (AvgIpc) is 2.28. The maximum Gasteiger partial charge on any atom is 0.225 e. The van der Waals surface area contributed by atoms with Crippen LogP contribution in [0.3, 0.4) is 0 Å². The summed E-state index contributed by atoms with van der Waals surface area (Å²) in [5, 5.41) is 1.86. The molecular weight excluding hydrogens is 187 g/mol. The van der Waals surface area contributed by atoms with Gasteiger partial charge in [-0.2, -0.15) is 0 Å². The molecule has 72 valence electrons. The molecule has 0 unspecified atom stereocenters. The number of benzene rings is 2. The number of rotatable bonds is 2. The van der Waals surface area contributed by atoms with Crippen molar-refractivity contribution in [3.05, 3.63) is 42.0 Å². The number of carbonyl (C=O) groups excluding carboxylic acids is 2. The van der Waals surface area contributed by atoms with Crippen molar-refractivity contribution in [1.29, 1.82) is 0 Å². The average molecular weight is 196 g/mol. The smallest absolute Gasteiger partial charge is 0.225 e. The molecule has 0 radical (unpaired) electrons. The number of Topliss-reactive ketones (excluding diaryl/α,β-unsaturated/α-hetero) is 1. The van der Waals surface area contributed by atoms with Gasteiger partial charge in [-0.15, -0.1) is 0 Å². The van der Waals surface area contributed by atoms with Gasteiger partial charge in [0.05, 0.1) is 0 Å². The first-order chi connectivity index (χ1) is 7.24. The van der Waals surface area contributed by atoms with Crippen LogP contribution in [-0.2, 0) is 4.79 Å². The zero-order chi connectivity index (χ0) is 10.8. The van der Waals surface area contributed by atoms with E-state index in [9.17, 15) is 9.59 Å². The first-order valence-corrected chi connectivity index (χ1v) is 4.72. The molecule has 0 N–H and O–H groups in total. The van der Waals surface area contributed by atoms with Gasteiger partial charge in [-0.3, -0.25) is 9.59 Å². The van der Waals surface area contributed by atoms with Crippen LogP contribution in [0.1, 0.15) is 10.4 Å². The molecule has 0 saturated carbocycles. The van der Waals surface area contributed by atoms with Crippen LogP contribution < -0.4 is 5.46 Å². The summed E-state index contributed by atoms with van der Waals surface area (Å²) >= 11 is 0. The Hall–Kier alpha value is -1.90. The molecule has 15 heavy (non-hydrogen) atoms. The number of fused-ring (bicyclic) bond motifs is 1. The van der Waals surface area contributed by atoms with Gasteiger partial charge in [0.2, 0.25) is 5.78 Å². The molecule has 0 aromatic heterocycles. The van der Waals surface area contributed by atoms with Crippen LogP contribution in [0.25, 0.3) is 10.8 Å². The number of ketones is 1. The lowest BCUT2D eigenvalue weighted by Crippen LogP contribution is -2.06. The van der Waals surface area contributed by atoms with Crippen LogP contribution in [0, 0.1) is 0 Å². The Morgan fingerprint density at radius 1 is 1.07 bits per heavy atom. The predicted octanol–water partition coefficient (Wildman–Crippen LogP) is 0.480. The van der Waals surface area contributed by atoms with Crippen LogP contribution in [0.15, 0.2) is 36.4 Å². The number of aldehydes is 1. The molecule has 2 nitrogen and oxygen atoms in total. The van der Waals surface area contributed by atoms with E-state index < -0.39 is 5.78 Å². The second kappa shape index (κ2) is 3.69. The molecule has 0 atom stereocenters. The minimum absolute atomic E-state index is 0.358. The molecule has 0 fully saturated rings. The Morgan fingerprint density at radius 3 is 2.47 bits per heavy atom. The standard InChI is InChI=1S/C12H9BO2/c13-11-6-2-3-8-9(11)4-1-5-10(8)12(15)7-14/h1-7H,13H2. The molecule has 0 aliphatic heterocycles. The van der Waals surface area contributed by atoms with Crippen molar-refractivity contribution >= 4 is 36.2 Å². The van der Waals surface area contributed by atoms with Gasteiger partial charge >= 0.3 is 0 Å². The summed E-state index contributed by atoms with van der Waals surface area (Å²) in [6.45, 7) is 0. The largest absolute Gasteiger partial charge is 0.294 e. The summed E-state index contributed by atoms with van der Waals surface area (Å²) in [6, 6.07) is 11.2. The van der Waals surface area contributed by atoms with Crippen molar-refractivity contribution in [2.75, 3.05) is 0 Å². The topological polar surface area (TPSA) is 34.1 Å². The zero-order valence-electron chi connectivity index (χ0n) is 8.36. The molecular formula is C12H9BO2. The van der Waals surface area contributed by atoms with Gasteiger partial charge in [0, 0.05) is 5.56 Å². The van der Waals surface area contributed by atoms with E-state index in [0.29, 0.717) is 11.8 Å². The first-order valence-electron chi connectivity index (χ1n) is 4.72. The van der Waals surface area contributed by atoms with Crippen molar-refractivity contribution in [2.45, 2.75) is 0 Å². The molecule has 0 spiro atoms. The maximum atomic E-state index is 11.4. The van der Waals surface area contributed by atoms with Gasteiger partial charge in [-0.25, -0.2) is 0 Å². The van der Waals surface area contributed by atoms with Gasteiger partial charge < -0.3 is 0 Å². The summed E-state index contributed by atoms with van der Waals surface area (Å²) in [5.41, 5.74) is 1.58. The van der Waals surface area contributed by atoms with E-state index in [-0.39, 0.29) is 0 Å². The summed E-state index contributed by atoms with van der Waals surface area (Å²) < 4.78 is 0. The van der Waals surface area contributed by atoms with Crippen LogP contribution >= 0.6 is 0 Å². The first kappa shape index (κ1) is 9.65. The molecule has 0 amide bonds. The van der Waals surface area contributed by atoms with Gasteiger partial charge in [0.15, 0.2) is 6.29 Å². The van der Waals surface area contributed by atoms with Crippen molar-refractivity contribution in [1.82, 2.24) is 0 Å². The Kier molecular flexibility index (Phi) is 2.38. The normalized spacial score (nSPS) is 10.1. The van der Waals surface area contributed by atoms with Crippen molar-refractivity contribution in [2.24, 2.45) is 0 Å². The fourth-order valence-electron chi connectivity index (χ4n) is 1.75. The second-order valence-corrected chi connectivity index (χ2v) is 3.46. The van der Waals surface area contributed by atoms with Crippen LogP contribution in [-0.4, -0.2) is 19.9 Å². The van der Waals surface area contributed by atoms with E-state index in [0.717, 1.165) is 16.2 Å². The quantitative estimate of drug-likeness (QED) is 0.303. The van der Waals surface area contributed by atoms with E-state index in [1.165, 1.54) is 0 Å². The van der Waals surface area contributed by atoms with Crippen LogP contribution in [0.5, 0.6) is 0 Å². The molecule has 0 aliphatic carbocycles. The van der Waals surface area contributed by atoms with Gasteiger partial charge in [0.25, 0.3) is 0 Å². The third-order valence-electron chi connectivity index (χ3n) is 2.51. The Labute approximate surface area is 88.3 Å². The van der Waals surface area contributed by atoms with E-state index in [1.807, 2.05) is 32.1 Å². The molecule has 0 bridgehead atoms. The third-order valence-corrected chi connectivity index (χ3v) is 2.51. The van der Waals surface area contributed by atoms with E-state index >= 15 is 0 Å². The zero-order valence-corrected chi connectivity index (χ0v) is 8.36. The summed E-state index contributed by atoms with van der Waals surface area (Å²) in [7, 11) is 1.98. The predicted molar refractivity (Wildman–Crippen MR) is 62.5 cm³/mol. The number of hydrogen-bond acceptors (Lipinski definition) is 2. The molecule has 0 aliphatic rings. The fraction of sp³-hybridized carbons (Fsp3) is 0. The number of hydrogen-bond donors (Lipinski definition) is 0. The summed E-state index contributed by atoms with van der Waals surface area (Å²) in [5.74, 6) is -0.466. The van der Waals surface area contributed by atoms with Crippen molar-refractivity contribution in [3.8, 4) is 0 Å². The van der Waals surface area contributed by atoms with Crippen LogP contribution in [0.4, 0.5) is 0 Å². The van der Waals surface area contributed by atoms with E-state index in [2.05, 4.69) is 0 Å². The molecule has 0 saturated heterocycles. The summed E-state index contributed by atoms with van der Waals surface area (Å²) in [4.78, 5) is 21.9. The summed E-state index contributed by atoms with van der Waals surface area (Å²) in [6.07, 6.45) is 0.358. The Morgan fingerprint density at radius 2 is 1.73 bits per heavy atom. The fourth-order valence-corrected chi connectivity index (χ4v) is 1.75. The van der Waals surface area contributed by atoms with Crippen LogP contribution in [0.2, 0.25) is 0 Å². The lowest BCUT2D eigenvalue weighted by Gasteiger charge is -2.04. The van der Waals surface area contributed by atoms with Gasteiger partial charge in [0.1, 0.15) is 7.85 Å². The Bertz CT molecular complexity index is 546. The minimum atomic E-state index is -0.466. The second-order valence-electron chi connectivity index (χ2n) is 3.46. The van der Waals surface area contributed by atoms with E-state index in [4.69, 9.17) is 0 Å². The van der Waals surface area contributed by atoms with Crippen molar-refractivity contribution in [3.63, 3.8) is 0 Å². The molecule has 0 heterocycles. The van der Waals surface area contributed by atoms with Gasteiger partial charge in [-0.1, -0.05) is 41.9 Å². The minimum Gasteiger partial charge on any atom is -0.294 e. The monoisotopic (exact) mass is 196 g/mol. The highest BCUT2D eigenvalue weighted by atomic mass is 16.2. The molecule has 2 aromatic rings. The highest BCUT2D eigenvalue weighted by Gasteiger charge is 2.08. The highest BCUT2D eigenvalue weighted by Crippen LogP contribution is 2.16. The highest BCUT2D eigenvalue weighted by molar-refractivity contribution is 6.41. The third kappa shape index (κ3) is 1.56. The lowest BCUT2D eigenvalue weighted by molar-refractivity contribution is -0.104. The molecule has 2 rings (SSSR count). The SMILES string of the molecule is Bc1cccc2c(C(=O)C=O)cccc12. The molecule has 3 heteroatoms.